The van der Waals surface area contributed by atoms with Crippen molar-refractivity contribution in [3.8, 4) is 0 Å². The summed E-state index contributed by atoms with van der Waals surface area (Å²) in [6.45, 7) is 14.9. The van der Waals surface area contributed by atoms with Crippen LogP contribution < -0.4 is 0 Å². The monoisotopic (exact) mass is 348 g/mol. The Kier molecular flexibility index (Phi) is 5.40. The minimum atomic E-state index is -0.417. The Morgan fingerprint density at radius 3 is 2.24 bits per heavy atom. The first-order valence-corrected chi connectivity index (χ1v) is 11.4. The topological polar surface area (TPSA) is 20.2 Å². The van der Waals surface area contributed by atoms with Crippen LogP contribution in [0.1, 0.15) is 106 Å². The second kappa shape index (κ2) is 6.84. The lowest BCUT2D eigenvalue weighted by Crippen LogP contribution is -2.58. The predicted molar refractivity (Wildman–Crippen MR) is 107 cm³/mol. The van der Waals surface area contributed by atoms with E-state index >= 15 is 0 Å². The van der Waals surface area contributed by atoms with Crippen molar-refractivity contribution in [3.05, 3.63) is 0 Å². The van der Waals surface area contributed by atoms with Gasteiger partial charge in [-0.2, -0.15) is 0 Å². The van der Waals surface area contributed by atoms with Gasteiger partial charge in [-0.1, -0.05) is 60.8 Å². The minimum absolute atomic E-state index is 0.129. The van der Waals surface area contributed by atoms with Gasteiger partial charge >= 0.3 is 0 Å². The average molecular weight is 349 g/mol. The Balaban J connectivity index is 1.95. The van der Waals surface area contributed by atoms with E-state index in [1.165, 1.54) is 51.4 Å². The molecular weight excluding hydrogens is 304 g/mol. The maximum Gasteiger partial charge on any atom is 0.0703 e. The number of unbranched alkanes of at least 4 members (excludes halogenated alkanes) is 1. The molecule has 0 amide bonds. The van der Waals surface area contributed by atoms with Gasteiger partial charge in [-0.15, -0.1) is 0 Å². The van der Waals surface area contributed by atoms with E-state index in [1.54, 1.807) is 0 Å². The molecule has 0 spiro atoms. The molecular formula is C24H44O. The number of hydrogen-bond donors (Lipinski definition) is 1. The van der Waals surface area contributed by atoms with E-state index in [1.807, 2.05) is 0 Å². The fourth-order valence-corrected chi connectivity index (χ4v) is 7.63. The van der Waals surface area contributed by atoms with Crippen LogP contribution >= 0.6 is 0 Å². The molecule has 3 aliphatic rings. The predicted octanol–water partition coefficient (Wildman–Crippen LogP) is 6.83. The molecule has 0 aromatic carbocycles. The fourth-order valence-electron chi connectivity index (χ4n) is 7.63. The zero-order valence-electron chi connectivity index (χ0n) is 17.9. The molecule has 0 aliphatic heterocycles. The Morgan fingerprint density at radius 1 is 0.880 bits per heavy atom. The van der Waals surface area contributed by atoms with Crippen LogP contribution in [0.3, 0.4) is 0 Å². The zero-order valence-corrected chi connectivity index (χ0v) is 17.9. The number of rotatable bonds is 3. The van der Waals surface area contributed by atoms with Crippen molar-refractivity contribution < 1.29 is 5.11 Å². The Morgan fingerprint density at radius 2 is 1.56 bits per heavy atom. The number of fused-ring (bicyclic) bond motifs is 3. The van der Waals surface area contributed by atoms with Crippen molar-refractivity contribution in [2.75, 3.05) is 0 Å². The first-order chi connectivity index (χ1) is 11.7. The van der Waals surface area contributed by atoms with Crippen LogP contribution in [-0.2, 0) is 0 Å². The molecule has 2 bridgehead atoms. The maximum atomic E-state index is 11.9. The van der Waals surface area contributed by atoms with Crippen LogP contribution in [0.25, 0.3) is 0 Å². The summed E-state index contributed by atoms with van der Waals surface area (Å²) in [6.07, 6.45) is 12.5. The van der Waals surface area contributed by atoms with Crippen molar-refractivity contribution in [1.82, 2.24) is 0 Å². The van der Waals surface area contributed by atoms with Crippen molar-refractivity contribution in [2.24, 2.45) is 40.4 Å². The van der Waals surface area contributed by atoms with Gasteiger partial charge in [0, 0.05) is 0 Å². The van der Waals surface area contributed by atoms with Gasteiger partial charge in [0.25, 0.3) is 0 Å². The summed E-state index contributed by atoms with van der Waals surface area (Å²) in [5.41, 5.74) is 0.195. The van der Waals surface area contributed by atoms with E-state index in [-0.39, 0.29) is 5.41 Å². The molecule has 0 radical (unpaired) electrons. The van der Waals surface area contributed by atoms with Crippen molar-refractivity contribution >= 4 is 0 Å². The van der Waals surface area contributed by atoms with E-state index in [2.05, 4.69) is 41.5 Å². The van der Waals surface area contributed by atoms with E-state index in [0.29, 0.717) is 11.3 Å². The van der Waals surface area contributed by atoms with Gasteiger partial charge < -0.3 is 5.11 Å². The summed E-state index contributed by atoms with van der Waals surface area (Å²) >= 11 is 0. The SMILES string of the molecule is CCCCC1(O)CC[C@@H](C)[C@H]2C[C@@H]3CC[C@@H](C)[C@H](CC[C@@]21C)C3(C)C. The Bertz CT molecular complexity index is 465. The van der Waals surface area contributed by atoms with E-state index in [4.69, 9.17) is 0 Å². The Hall–Kier alpha value is -0.0400. The van der Waals surface area contributed by atoms with Gasteiger partial charge in [0.05, 0.1) is 5.60 Å². The second-order valence-corrected chi connectivity index (χ2v) is 11.1. The van der Waals surface area contributed by atoms with Gasteiger partial charge in [-0.3, -0.25) is 0 Å². The third kappa shape index (κ3) is 3.11. The fraction of sp³-hybridized carbons (Fsp3) is 1.00. The first kappa shape index (κ1) is 19.7. The highest BCUT2D eigenvalue weighted by Gasteiger charge is 2.58. The molecule has 1 nitrogen and oxygen atoms in total. The third-order valence-electron chi connectivity index (χ3n) is 9.70. The third-order valence-corrected chi connectivity index (χ3v) is 9.70. The number of aliphatic hydroxyl groups is 1. The molecule has 1 heteroatoms. The molecule has 0 aromatic heterocycles. The lowest BCUT2D eigenvalue weighted by Gasteiger charge is -2.61. The van der Waals surface area contributed by atoms with Gasteiger partial charge in [0.2, 0.25) is 0 Å². The van der Waals surface area contributed by atoms with Crippen LogP contribution in [0.2, 0.25) is 0 Å². The van der Waals surface area contributed by atoms with E-state index in [0.717, 1.165) is 36.5 Å². The average Bonchev–Trinajstić information content (AvgIpc) is 2.54. The molecule has 25 heavy (non-hydrogen) atoms. The smallest absolute Gasteiger partial charge is 0.0703 e. The summed E-state index contributed by atoms with van der Waals surface area (Å²) in [5, 5.41) is 11.9. The molecule has 1 N–H and O–H groups in total. The van der Waals surface area contributed by atoms with Crippen molar-refractivity contribution in [3.63, 3.8) is 0 Å². The summed E-state index contributed by atoms with van der Waals surface area (Å²) in [4.78, 5) is 0. The van der Waals surface area contributed by atoms with Gasteiger partial charge in [-0.05, 0) is 85.4 Å². The largest absolute Gasteiger partial charge is 0.389 e. The van der Waals surface area contributed by atoms with Crippen LogP contribution in [0, 0.1) is 40.4 Å². The zero-order chi connectivity index (χ0) is 18.5. The summed E-state index contributed by atoms with van der Waals surface area (Å²) < 4.78 is 0. The highest BCUT2D eigenvalue weighted by molar-refractivity contribution is 5.08. The molecule has 0 aromatic rings. The lowest BCUT2D eigenvalue weighted by atomic mass is 9.45. The normalized spacial score (nSPS) is 49.8. The van der Waals surface area contributed by atoms with Crippen LogP contribution in [0.15, 0.2) is 0 Å². The standard InChI is InChI=1S/C24H44O/c1-7-8-13-24(25)15-11-18(3)21-16-19-10-9-17(2)20(22(19,4)5)12-14-23(21,24)6/h17-21,25H,7-16H2,1-6H3/t17-,18-,19+,20+,21-,23+,24?/m1/s1. The first-order valence-electron chi connectivity index (χ1n) is 11.4. The summed E-state index contributed by atoms with van der Waals surface area (Å²) in [7, 11) is 0. The molecule has 3 aliphatic carbocycles. The molecule has 1 unspecified atom stereocenters. The van der Waals surface area contributed by atoms with Crippen molar-refractivity contribution in [1.29, 1.82) is 0 Å². The highest BCUT2D eigenvalue weighted by atomic mass is 16.3. The van der Waals surface area contributed by atoms with Crippen molar-refractivity contribution in [2.45, 2.75) is 111 Å². The molecule has 0 saturated heterocycles. The highest BCUT2D eigenvalue weighted by Crippen LogP contribution is 2.63. The summed E-state index contributed by atoms with van der Waals surface area (Å²) in [5.74, 6) is 4.04. The van der Waals surface area contributed by atoms with Gasteiger partial charge in [0.1, 0.15) is 0 Å². The second-order valence-electron chi connectivity index (χ2n) is 11.1. The lowest BCUT2D eigenvalue weighted by molar-refractivity contribution is -0.185. The number of hydrogen-bond acceptors (Lipinski definition) is 1. The molecule has 7 atom stereocenters. The minimum Gasteiger partial charge on any atom is -0.389 e. The van der Waals surface area contributed by atoms with E-state index in [9.17, 15) is 5.11 Å². The molecule has 0 heterocycles. The van der Waals surface area contributed by atoms with E-state index < -0.39 is 5.60 Å². The van der Waals surface area contributed by atoms with Crippen LogP contribution in [0.5, 0.6) is 0 Å². The van der Waals surface area contributed by atoms with Crippen LogP contribution in [-0.4, -0.2) is 10.7 Å². The maximum absolute atomic E-state index is 11.9. The Labute approximate surface area is 157 Å². The molecule has 146 valence electrons. The molecule has 3 fully saturated rings. The quantitative estimate of drug-likeness (QED) is 0.592. The van der Waals surface area contributed by atoms with Gasteiger partial charge in [0.15, 0.2) is 0 Å². The van der Waals surface area contributed by atoms with Crippen LogP contribution in [0.4, 0.5) is 0 Å². The van der Waals surface area contributed by atoms with Gasteiger partial charge in [-0.25, -0.2) is 0 Å². The summed E-state index contributed by atoms with van der Waals surface area (Å²) in [6, 6.07) is 0. The molecule has 3 saturated carbocycles. The molecule has 3 rings (SSSR count).